The standard InChI is InChI=1S/C21H20N4O2S/c26-19(12-18-21(27)24-15-8-3-4-10-17(15)28-18)25-11-5-9-16(25)20-22-13-6-1-2-7-14(13)23-20/h1-4,6-8,10,16,18H,5,9,11-12H2,(H,22,23)(H,24,27)/t16-,18-/m0/s1. The van der Waals surface area contributed by atoms with Crippen LogP contribution in [0.15, 0.2) is 53.4 Å². The first kappa shape index (κ1) is 17.3. The zero-order valence-corrected chi connectivity index (χ0v) is 16.0. The van der Waals surface area contributed by atoms with Gasteiger partial charge in [-0.3, -0.25) is 9.59 Å². The predicted octanol–water partition coefficient (Wildman–Crippen LogP) is 3.73. The second-order valence-electron chi connectivity index (χ2n) is 7.18. The number of imidazole rings is 1. The maximum atomic E-state index is 13.1. The van der Waals surface area contributed by atoms with Crippen LogP contribution in [-0.4, -0.2) is 38.5 Å². The van der Waals surface area contributed by atoms with Gasteiger partial charge in [-0.2, -0.15) is 0 Å². The van der Waals surface area contributed by atoms with Crippen LogP contribution >= 0.6 is 11.8 Å². The molecule has 28 heavy (non-hydrogen) atoms. The van der Waals surface area contributed by atoms with Crippen LogP contribution in [0.25, 0.3) is 11.0 Å². The summed E-state index contributed by atoms with van der Waals surface area (Å²) in [5.74, 6) is 0.740. The van der Waals surface area contributed by atoms with E-state index in [4.69, 9.17) is 0 Å². The largest absolute Gasteiger partial charge is 0.340 e. The lowest BCUT2D eigenvalue weighted by molar-refractivity contribution is -0.133. The summed E-state index contributed by atoms with van der Waals surface area (Å²) < 4.78 is 0. The SMILES string of the molecule is O=C1Nc2ccccc2S[C@H]1CC(=O)N1CCC[C@H]1c1nc2ccccc2[nH]1. The smallest absolute Gasteiger partial charge is 0.238 e. The van der Waals surface area contributed by atoms with Gasteiger partial charge in [0, 0.05) is 17.9 Å². The third kappa shape index (κ3) is 3.05. The second kappa shape index (κ2) is 6.98. The van der Waals surface area contributed by atoms with Crippen molar-refractivity contribution in [2.75, 3.05) is 11.9 Å². The first-order valence-corrected chi connectivity index (χ1v) is 10.4. The Bertz CT molecular complexity index is 1030. The Morgan fingerprint density at radius 3 is 2.89 bits per heavy atom. The molecule has 2 aromatic carbocycles. The Morgan fingerprint density at radius 1 is 1.18 bits per heavy atom. The molecule has 2 amide bonds. The van der Waals surface area contributed by atoms with E-state index in [1.54, 1.807) is 0 Å². The molecule has 6 nitrogen and oxygen atoms in total. The number of aromatic amines is 1. The normalized spacial score (nSPS) is 21.6. The molecule has 3 aromatic rings. The molecule has 1 fully saturated rings. The van der Waals surface area contributed by atoms with E-state index < -0.39 is 5.25 Å². The minimum Gasteiger partial charge on any atom is -0.340 e. The topological polar surface area (TPSA) is 78.1 Å². The summed E-state index contributed by atoms with van der Waals surface area (Å²) in [4.78, 5) is 36.4. The van der Waals surface area contributed by atoms with Crippen molar-refractivity contribution in [3.63, 3.8) is 0 Å². The quantitative estimate of drug-likeness (QED) is 0.712. The molecule has 0 aliphatic carbocycles. The molecule has 2 aliphatic rings. The number of likely N-dealkylation sites (tertiary alicyclic amines) is 1. The highest BCUT2D eigenvalue weighted by molar-refractivity contribution is 8.01. The first-order valence-electron chi connectivity index (χ1n) is 9.50. The fourth-order valence-corrected chi connectivity index (χ4v) is 5.08. The van der Waals surface area contributed by atoms with Crippen molar-refractivity contribution in [3.05, 3.63) is 54.4 Å². The van der Waals surface area contributed by atoms with Crippen LogP contribution in [0.5, 0.6) is 0 Å². The molecule has 7 heteroatoms. The minimum absolute atomic E-state index is 0.00925. The molecule has 1 saturated heterocycles. The summed E-state index contributed by atoms with van der Waals surface area (Å²) in [6.07, 6.45) is 2.03. The number of nitrogens with one attached hydrogen (secondary N) is 2. The van der Waals surface area contributed by atoms with E-state index in [-0.39, 0.29) is 24.3 Å². The molecule has 0 unspecified atom stereocenters. The lowest BCUT2D eigenvalue weighted by Gasteiger charge is -2.27. The van der Waals surface area contributed by atoms with Crippen molar-refractivity contribution in [3.8, 4) is 0 Å². The molecule has 5 rings (SSSR count). The Kier molecular flexibility index (Phi) is 4.31. The average Bonchev–Trinajstić information content (AvgIpc) is 3.35. The Balaban J connectivity index is 1.34. The first-order chi connectivity index (χ1) is 13.7. The van der Waals surface area contributed by atoms with Crippen LogP contribution in [0.1, 0.15) is 31.1 Å². The summed E-state index contributed by atoms with van der Waals surface area (Å²) >= 11 is 1.47. The fraction of sp³-hybridized carbons (Fsp3) is 0.286. The van der Waals surface area contributed by atoms with Crippen LogP contribution in [-0.2, 0) is 9.59 Å². The van der Waals surface area contributed by atoms with Gasteiger partial charge in [0.2, 0.25) is 11.8 Å². The highest BCUT2D eigenvalue weighted by Gasteiger charge is 2.36. The maximum Gasteiger partial charge on any atom is 0.238 e. The number of fused-ring (bicyclic) bond motifs is 2. The number of carbonyl (C=O) groups excluding carboxylic acids is 2. The second-order valence-corrected chi connectivity index (χ2v) is 8.42. The zero-order chi connectivity index (χ0) is 19.1. The number of para-hydroxylation sites is 3. The third-order valence-electron chi connectivity index (χ3n) is 5.36. The van der Waals surface area contributed by atoms with E-state index in [1.807, 2.05) is 53.4 Å². The summed E-state index contributed by atoms with van der Waals surface area (Å²) in [5.41, 5.74) is 2.72. The van der Waals surface area contributed by atoms with Gasteiger partial charge in [-0.05, 0) is 37.1 Å². The Morgan fingerprint density at radius 2 is 2.00 bits per heavy atom. The molecular formula is C21H20N4O2S. The summed E-state index contributed by atoms with van der Waals surface area (Å²) in [5, 5.41) is 2.51. The molecule has 2 aliphatic heterocycles. The number of H-pyrrole nitrogens is 1. The number of rotatable bonds is 3. The number of carbonyl (C=O) groups is 2. The molecule has 0 spiro atoms. The van der Waals surface area contributed by atoms with E-state index in [1.165, 1.54) is 11.8 Å². The van der Waals surface area contributed by atoms with Gasteiger partial charge in [0.15, 0.2) is 0 Å². The highest BCUT2D eigenvalue weighted by Crippen LogP contribution is 2.38. The summed E-state index contributed by atoms with van der Waals surface area (Å²) in [6, 6.07) is 15.5. The van der Waals surface area contributed by atoms with Crippen LogP contribution in [0.3, 0.4) is 0 Å². The number of hydrogen-bond acceptors (Lipinski definition) is 4. The van der Waals surface area contributed by atoms with Gasteiger partial charge >= 0.3 is 0 Å². The Labute approximate surface area is 166 Å². The number of hydrogen-bond donors (Lipinski definition) is 2. The van der Waals surface area contributed by atoms with E-state index in [0.29, 0.717) is 6.54 Å². The van der Waals surface area contributed by atoms with Gasteiger partial charge in [-0.1, -0.05) is 24.3 Å². The van der Waals surface area contributed by atoms with Crippen molar-refractivity contribution in [1.82, 2.24) is 14.9 Å². The lowest BCUT2D eigenvalue weighted by Crippen LogP contribution is -2.37. The van der Waals surface area contributed by atoms with Gasteiger partial charge in [0.25, 0.3) is 0 Å². The highest BCUT2D eigenvalue weighted by atomic mass is 32.2. The molecule has 2 atom stereocenters. The molecule has 0 saturated carbocycles. The van der Waals surface area contributed by atoms with E-state index in [9.17, 15) is 9.59 Å². The van der Waals surface area contributed by atoms with Crippen molar-refractivity contribution < 1.29 is 9.59 Å². The average molecular weight is 392 g/mol. The van der Waals surface area contributed by atoms with Crippen molar-refractivity contribution >= 4 is 40.3 Å². The van der Waals surface area contributed by atoms with Crippen LogP contribution < -0.4 is 5.32 Å². The predicted molar refractivity (Wildman–Crippen MR) is 109 cm³/mol. The fourth-order valence-electron chi connectivity index (χ4n) is 3.98. The van der Waals surface area contributed by atoms with Crippen LogP contribution in [0.4, 0.5) is 5.69 Å². The monoisotopic (exact) mass is 392 g/mol. The van der Waals surface area contributed by atoms with E-state index in [2.05, 4.69) is 15.3 Å². The van der Waals surface area contributed by atoms with Crippen LogP contribution in [0.2, 0.25) is 0 Å². The van der Waals surface area contributed by atoms with E-state index in [0.717, 1.165) is 40.3 Å². The molecule has 0 radical (unpaired) electrons. The van der Waals surface area contributed by atoms with Crippen molar-refractivity contribution in [2.24, 2.45) is 0 Å². The maximum absolute atomic E-state index is 13.1. The number of nitrogens with zero attached hydrogens (tertiary/aromatic N) is 2. The van der Waals surface area contributed by atoms with Gasteiger partial charge < -0.3 is 15.2 Å². The number of aromatic nitrogens is 2. The third-order valence-corrected chi connectivity index (χ3v) is 6.64. The molecule has 142 valence electrons. The molecule has 2 N–H and O–H groups in total. The molecule has 1 aromatic heterocycles. The van der Waals surface area contributed by atoms with Crippen LogP contribution in [0, 0.1) is 0 Å². The number of anilines is 1. The van der Waals surface area contributed by atoms with E-state index >= 15 is 0 Å². The van der Waals surface area contributed by atoms with Gasteiger partial charge in [0.1, 0.15) is 5.82 Å². The van der Waals surface area contributed by atoms with Crippen molar-refractivity contribution in [2.45, 2.75) is 35.4 Å². The molecule has 0 bridgehead atoms. The van der Waals surface area contributed by atoms with Gasteiger partial charge in [-0.25, -0.2) is 4.98 Å². The summed E-state index contributed by atoms with van der Waals surface area (Å²) in [7, 11) is 0. The van der Waals surface area contributed by atoms with Crippen molar-refractivity contribution in [1.29, 1.82) is 0 Å². The van der Waals surface area contributed by atoms with Gasteiger partial charge in [0.05, 0.1) is 28.0 Å². The molecular weight excluding hydrogens is 372 g/mol. The molecule has 3 heterocycles. The minimum atomic E-state index is -0.403. The number of benzene rings is 2. The lowest BCUT2D eigenvalue weighted by atomic mass is 10.2. The Hall–Kier alpha value is -2.80. The number of thioether (sulfide) groups is 1. The van der Waals surface area contributed by atoms with Gasteiger partial charge in [-0.15, -0.1) is 11.8 Å². The zero-order valence-electron chi connectivity index (χ0n) is 15.2. The number of amides is 2. The summed E-state index contributed by atoms with van der Waals surface area (Å²) in [6.45, 7) is 0.705.